The Morgan fingerprint density at radius 1 is 1.04 bits per heavy atom. The number of ether oxygens (including phenoxy) is 1. The first-order valence-electron chi connectivity index (χ1n) is 16.2. The zero-order valence-corrected chi connectivity index (χ0v) is 27.5. The molecule has 248 valence electrons. The standard InChI is InChI=1S/C36H44O10/c1-8-23(40)46-33-34(6)17(4)24-20(15-22(39)19-11-9-10-12-19)13-14-21(38)26(24)30(42)28(34)32(44)36(45)31(43)25(18(5)37)29(41)27(16(2)3)35(33,36)7/h13-14,16-17,19,27,33,38,42-43,45H,8-12,15H2,1-7H3/t17-,27?,33-,34+,35+,36+/m1/s1. The summed E-state index contributed by atoms with van der Waals surface area (Å²) in [6.45, 7) is 10.7. The van der Waals surface area contributed by atoms with Crippen molar-refractivity contribution in [1.29, 1.82) is 0 Å². The maximum absolute atomic E-state index is 14.8. The van der Waals surface area contributed by atoms with Crippen LogP contribution in [0.3, 0.4) is 0 Å². The molecule has 0 aliphatic heterocycles. The minimum absolute atomic E-state index is 0.0173. The molecular weight excluding hydrogens is 592 g/mol. The fourth-order valence-corrected chi connectivity index (χ4v) is 9.24. The topological polar surface area (TPSA) is 176 Å². The number of aliphatic hydroxyl groups is 3. The second kappa shape index (κ2) is 11.2. The summed E-state index contributed by atoms with van der Waals surface area (Å²) >= 11 is 0. The highest BCUT2D eigenvalue weighted by Crippen LogP contribution is 2.68. The van der Waals surface area contributed by atoms with E-state index in [9.17, 15) is 44.4 Å². The van der Waals surface area contributed by atoms with Crippen molar-refractivity contribution in [3.8, 4) is 5.75 Å². The number of aromatic hydroxyl groups is 1. The van der Waals surface area contributed by atoms with Crippen molar-refractivity contribution in [2.45, 2.75) is 105 Å². The zero-order valence-electron chi connectivity index (χ0n) is 27.5. The van der Waals surface area contributed by atoms with Crippen LogP contribution in [0.25, 0.3) is 5.76 Å². The van der Waals surface area contributed by atoms with Gasteiger partial charge >= 0.3 is 5.97 Å². The van der Waals surface area contributed by atoms with Gasteiger partial charge in [-0.2, -0.15) is 0 Å². The molecule has 1 aromatic carbocycles. The van der Waals surface area contributed by atoms with Gasteiger partial charge in [0, 0.05) is 30.1 Å². The van der Waals surface area contributed by atoms with Gasteiger partial charge in [0.25, 0.3) is 0 Å². The second-order valence-electron chi connectivity index (χ2n) is 14.3. The minimum Gasteiger partial charge on any atom is -0.508 e. The number of ketones is 4. The average molecular weight is 637 g/mol. The van der Waals surface area contributed by atoms with Gasteiger partial charge in [-0.3, -0.25) is 24.0 Å². The number of carbonyl (C=O) groups excluding carboxylic acids is 5. The van der Waals surface area contributed by atoms with Gasteiger partial charge in [-0.25, -0.2) is 0 Å². The van der Waals surface area contributed by atoms with E-state index in [0.717, 1.165) is 32.6 Å². The van der Waals surface area contributed by atoms with Gasteiger partial charge in [-0.05, 0) is 48.8 Å². The van der Waals surface area contributed by atoms with Crippen LogP contribution in [-0.4, -0.2) is 61.2 Å². The Morgan fingerprint density at radius 2 is 1.65 bits per heavy atom. The Labute approximate surface area is 268 Å². The van der Waals surface area contributed by atoms with Crippen LogP contribution in [0.5, 0.6) is 5.75 Å². The number of phenolic OH excluding ortho intramolecular Hbond substituents is 1. The van der Waals surface area contributed by atoms with Crippen LogP contribution in [0.15, 0.2) is 29.0 Å². The molecule has 0 amide bonds. The molecule has 4 aliphatic carbocycles. The molecule has 6 atom stereocenters. The number of fused-ring (bicyclic) bond motifs is 3. The van der Waals surface area contributed by atoms with Crippen molar-refractivity contribution in [1.82, 2.24) is 0 Å². The molecule has 10 heteroatoms. The minimum atomic E-state index is -2.97. The van der Waals surface area contributed by atoms with Gasteiger partial charge in [0.2, 0.25) is 5.78 Å². The van der Waals surface area contributed by atoms with Crippen LogP contribution in [0, 0.1) is 28.6 Å². The molecule has 0 radical (unpaired) electrons. The summed E-state index contributed by atoms with van der Waals surface area (Å²) in [4.78, 5) is 68.2. The maximum Gasteiger partial charge on any atom is 0.305 e. The Morgan fingerprint density at radius 3 is 2.20 bits per heavy atom. The maximum atomic E-state index is 14.8. The van der Waals surface area contributed by atoms with Gasteiger partial charge in [0.05, 0.1) is 16.6 Å². The van der Waals surface area contributed by atoms with E-state index in [1.807, 2.05) is 0 Å². The summed E-state index contributed by atoms with van der Waals surface area (Å²) in [5, 5.41) is 47.2. The van der Waals surface area contributed by atoms with E-state index in [-0.39, 0.29) is 35.9 Å². The van der Waals surface area contributed by atoms with Crippen LogP contribution in [0.2, 0.25) is 0 Å². The van der Waals surface area contributed by atoms with Gasteiger partial charge in [-0.15, -0.1) is 0 Å². The van der Waals surface area contributed by atoms with Crippen molar-refractivity contribution in [3.05, 3.63) is 45.7 Å². The van der Waals surface area contributed by atoms with E-state index in [1.54, 1.807) is 40.7 Å². The second-order valence-corrected chi connectivity index (χ2v) is 14.3. The Kier molecular flexibility index (Phi) is 8.16. The zero-order chi connectivity index (χ0) is 34.3. The largest absolute Gasteiger partial charge is 0.508 e. The van der Waals surface area contributed by atoms with Crippen LogP contribution < -0.4 is 0 Å². The summed E-state index contributed by atoms with van der Waals surface area (Å²) in [5.74, 6) is -8.56. The van der Waals surface area contributed by atoms with Crippen LogP contribution in [0.1, 0.15) is 103 Å². The number of esters is 1. The number of carbonyl (C=O) groups is 5. The summed E-state index contributed by atoms with van der Waals surface area (Å²) < 4.78 is 6.14. The molecule has 0 aromatic heterocycles. The van der Waals surface area contributed by atoms with E-state index in [0.29, 0.717) is 11.1 Å². The third-order valence-corrected chi connectivity index (χ3v) is 11.6. The fourth-order valence-electron chi connectivity index (χ4n) is 9.24. The SMILES string of the molecule is CCC(=O)O[C@@H]1[C@]2(C)C(=C(O)c3c(O)ccc(CC(=O)C4CCCC4)c3[C@H]2C)C(=O)[C@@]2(O)C(O)=C(C(C)=O)C(=O)C(C(C)C)[C@@]12C. The monoisotopic (exact) mass is 636 g/mol. The molecule has 1 aromatic rings. The first-order chi connectivity index (χ1) is 21.4. The Bertz CT molecular complexity index is 1620. The van der Waals surface area contributed by atoms with E-state index in [1.165, 1.54) is 13.0 Å². The number of rotatable bonds is 7. The van der Waals surface area contributed by atoms with Gasteiger partial charge in [0.1, 0.15) is 34.7 Å². The molecule has 1 unspecified atom stereocenters. The number of aliphatic hydroxyl groups excluding tert-OH is 2. The van der Waals surface area contributed by atoms with Gasteiger partial charge in [-0.1, -0.05) is 60.5 Å². The summed E-state index contributed by atoms with van der Waals surface area (Å²) in [7, 11) is 0. The number of Topliss-reactive ketones (excluding diaryl/α,β-unsaturated/α-hetero) is 4. The van der Waals surface area contributed by atoms with E-state index >= 15 is 0 Å². The molecule has 2 saturated carbocycles. The van der Waals surface area contributed by atoms with E-state index in [4.69, 9.17) is 4.74 Å². The van der Waals surface area contributed by atoms with Crippen LogP contribution >= 0.6 is 0 Å². The molecule has 0 bridgehead atoms. The van der Waals surface area contributed by atoms with Crippen LogP contribution in [-0.2, 0) is 35.1 Å². The normalized spacial score (nSPS) is 32.8. The number of phenols is 1. The van der Waals surface area contributed by atoms with E-state index in [2.05, 4.69) is 0 Å². The molecule has 4 aliphatic rings. The quantitative estimate of drug-likeness (QED) is 0.236. The van der Waals surface area contributed by atoms with Crippen molar-refractivity contribution >= 4 is 34.9 Å². The predicted octanol–water partition coefficient (Wildman–Crippen LogP) is 4.98. The lowest BCUT2D eigenvalue weighted by Crippen LogP contribution is -2.76. The van der Waals surface area contributed by atoms with Gasteiger partial charge < -0.3 is 25.2 Å². The van der Waals surface area contributed by atoms with Gasteiger partial charge in [0.15, 0.2) is 17.2 Å². The Hall–Kier alpha value is -3.79. The fraction of sp³-hybridized carbons (Fsp3) is 0.583. The molecule has 2 fully saturated rings. The number of allylic oxidation sites excluding steroid dienone is 1. The lowest BCUT2D eigenvalue weighted by atomic mass is 9.40. The molecule has 0 heterocycles. The van der Waals surface area contributed by atoms with Crippen molar-refractivity contribution in [2.24, 2.45) is 28.6 Å². The number of hydrogen-bond donors (Lipinski definition) is 4. The summed E-state index contributed by atoms with van der Waals surface area (Å²) in [5.41, 5.74) is -6.95. The predicted molar refractivity (Wildman–Crippen MR) is 167 cm³/mol. The molecule has 46 heavy (non-hydrogen) atoms. The number of benzene rings is 1. The molecular formula is C36H44O10. The molecule has 4 N–H and O–H groups in total. The summed E-state index contributed by atoms with van der Waals surface area (Å²) in [6.07, 6.45) is 1.89. The Balaban J connectivity index is 1.87. The van der Waals surface area contributed by atoms with Crippen molar-refractivity contribution in [2.75, 3.05) is 0 Å². The molecule has 0 spiro atoms. The summed E-state index contributed by atoms with van der Waals surface area (Å²) in [6, 6.07) is 2.95. The highest BCUT2D eigenvalue weighted by atomic mass is 16.5. The van der Waals surface area contributed by atoms with Crippen molar-refractivity contribution in [3.63, 3.8) is 0 Å². The number of hydrogen-bond acceptors (Lipinski definition) is 10. The van der Waals surface area contributed by atoms with Crippen molar-refractivity contribution < 1.29 is 49.1 Å². The van der Waals surface area contributed by atoms with Crippen LogP contribution in [0.4, 0.5) is 0 Å². The third kappa shape index (κ3) is 4.21. The molecule has 0 saturated heterocycles. The highest BCUT2D eigenvalue weighted by Gasteiger charge is 2.78. The smallest absolute Gasteiger partial charge is 0.305 e. The van der Waals surface area contributed by atoms with E-state index < -0.39 is 86.3 Å². The first kappa shape index (κ1) is 33.6. The average Bonchev–Trinajstić information content (AvgIpc) is 3.52. The lowest BCUT2D eigenvalue weighted by Gasteiger charge is -2.64. The first-order valence-corrected chi connectivity index (χ1v) is 16.2. The highest BCUT2D eigenvalue weighted by molar-refractivity contribution is 6.24. The molecule has 10 nitrogen and oxygen atoms in total. The molecule has 5 rings (SSSR count). The lowest BCUT2D eigenvalue weighted by molar-refractivity contribution is -0.227. The third-order valence-electron chi connectivity index (χ3n) is 11.6.